The molecule has 114 valence electrons. The SMILES string of the molecule is CCC(COC)NS(=O)(=O)c1ccc(CNC2CC2)o1. The van der Waals surface area contributed by atoms with E-state index in [0.717, 1.165) is 0 Å². The Balaban J connectivity index is 1.96. The van der Waals surface area contributed by atoms with Gasteiger partial charge in [0.05, 0.1) is 13.2 Å². The van der Waals surface area contributed by atoms with Crippen LogP contribution in [0.25, 0.3) is 0 Å². The first-order valence-corrected chi connectivity index (χ1v) is 8.37. The minimum atomic E-state index is -3.62. The van der Waals surface area contributed by atoms with Crippen LogP contribution in [0.3, 0.4) is 0 Å². The molecule has 0 amide bonds. The lowest BCUT2D eigenvalue weighted by atomic mass is 10.3. The maximum atomic E-state index is 12.2. The van der Waals surface area contributed by atoms with Crippen LogP contribution >= 0.6 is 0 Å². The molecule has 0 spiro atoms. The normalized spacial score (nSPS) is 17.3. The minimum Gasteiger partial charge on any atom is -0.447 e. The van der Waals surface area contributed by atoms with Gasteiger partial charge in [0.25, 0.3) is 10.0 Å². The van der Waals surface area contributed by atoms with E-state index in [9.17, 15) is 8.42 Å². The van der Waals surface area contributed by atoms with E-state index in [1.165, 1.54) is 18.9 Å². The second kappa shape index (κ2) is 6.71. The van der Waals surface area contributed by atoms with Gasteiger partial charge < -0.3 is 14.5 Å². The summed E-state index contributed by atoms with van der Waals surface area (Å²) in [6.45, 7) is 2.81. The van der Waals surface area contributed by atoms with E-state index in [-0.39, 0.29) is 11.1 Å². The average molecular weight is 302 g/mol. The Morgan fingerprint density at radius 1 is 1.45 bits per heavy atom. The quantitative estimate of drug-likeness (QED) is 0.717. The summed E-state index contributed by atoms with van der Waals surface area (Å²) in [5, 5.41) is 3.24. The van der Waals surface area contributed by atoms with Crippen LogP contribution in [0.15, 0.2) is 21.6 Å². The highest BCUT2D eigenvalue weighted by Gasteiger charge is 2.24. The summed E-state index contributed by atoms with van der Waals surface area (Å²) >= 11 is 0. The number of furan rings is 1. The molecule has 1 saturated carbocycles. The van der Waals surface area contributed by atoms with E-state index in [1.807, 2.05) is 6.92 Å². The minimum absolute atomic E-state index is 0.0420. The molecule has 6 nitrogen and oxygen atoms in total. The van der Waals surface area contributed by atoms with Gasteiger partial charge in [0, 0.05) is 19.2 Å². The summed E-state index contributed by atoms with van der Waals surface area (Å²) < 4.78 is 37.3. The zero-order chi connectivity index (χ0) is 14.6. The molecule has 0 radical (unpaired) electrons. The topological polar surface area (TPSA) is 80.6 Å². The fourth-order valence-electron chi connectivity index (χ4n) is 1.84. The second-order valence-corrected chi connectivity index (χ2v) is 6.70. The Morgan fingerprint density at radius 3 is 2.80 bits per heavy atom. The van der Waals surface area contributed by atoms with Crippen LogP contribution in [-0.4, -0.2) is 34.2 Å². The highest BCUT2D eigenvalue weighted by atomic mass is 32.2. The Morgan fingerprint density at radius 2 is 2.20 bits per heavy atom. The number of sulfonamides is 1. The zero-order valence-electron chi connectivity index (χ0n) is 11.9. The molecule has 0 aliphatic heterocycles. The van der Waals surface area contributed by atoms with Crippen molar-refractivity contribution in [2.45, 2.75) is 49.9 Å². The highest BCUT2D eigenvalue weighted by molar-refractivity contribution is 7.89. The Hall–Kier alpha value is -0.890. The molecule has 1 aromatic rings. The smallest absolute Gasteiger partial charge is 0.274 e. The van der Waals surface area contributed by atoms with Crippen molar-refractivity contribution >= 4 is 10.0 Å². The predicted octanol–water partition coefficient (Wildman–Crippen LogP) is 1.23. The predicted molar refractivity (Wildman–Crippen MR) is 74.8 cm³/mol. The molecule has 0 bridgehead atoms. The standard InChI is InChI=1S/C13H22N2O4S/c1-3-10(9-18-2)15-20(16,17)13-7-6-12(19-13)8-14-11-4-5-11/h6-7,10-11,14-15H,3-5,8-9H2,1-2H3. The highest BCUT2D eigenvalue weighted by Crippen LogP contribution is 2.20. The summed E-state index contributed by atoms with van der Waals surface area (Å²) in [6, 6.07) is 3.50. The first kappa shape index (κ1) is 15.5. The van der Waals surface area contributed by atoms with Gasteiger partial charge in [0.2, 0.25) is 5.09 Å². The summed E-state index contributed by atoms with van der Waals surface area (Å²) in [7, 11) is -2.07. The van der Waals surface area contributed by atoms with Gasteiger partial charge in [-0.25, -0.2) is 13.1 Å². The van der Waals surface area contributed by atoms with Crippen molar-refractivity contribution in [3.8, 4) is 0 Å². The third-order valence-electron chi connectivity index (χ3n) is 3.23. The monoisotopic (exact) mass is 302 g/mol. The van der Waals surface area contributed by atoms with Crippen molar-refractivity contribution in [2.75, 3.05) is 13.7 Å². The van der Waals surface area contributed by atoms with E-state index < -0.39 is 10.0 Å². The van der Waals surface area contributed by atoms with Crippen LogP contribution in [-0.2, 0) is 21.3 Å². The fraction of sp³-hybridized carbons (Fsp3) is 0.692. The van der Waals surface area contributed by atoms with Gasteiger partial charge in [0.1, 0.15) is 5.76 Å². The number of ether oxygens (including phenoxy) is 1. The summed E-state index contributed by atoms with van der Waals surface area (Å²) in [4.78, 5) is 0. The maximum absolute atomic E-state index is 12.2. The first-order valence-electron chi connectivity index (χ1n) is 6.88. The maximum Gasteiger partial charge on any atom is 0.274 e. The largest absolute Gasteiger partial charge is 0.447 e. The van der Waals surface area contributed by atoms with Gasteiger partial charge in [-0.15, -0.1) is 0 Å². The third kappa shape index (κ3) is 4.31. The molecule has 1 unspecified atom stereocenters. The number of rotatable bonds is 9. The molecular formula is C13H22N2O4S. The Kier molecular flexibility index (Phi) is 5.20. The lowest BCUT2D eigenvalue weighted by Gasteiger charge is -2.14. The van der Waals surface area contributed by atoms with Crippen LogP contribution in [0.1, 0.15) is 31.9 Å². The van der Waals surface area contributed by atoms with Gasteiger partial charge >= 0.3 is 0 Å². The molecule has 1 aliphatic rings. The Labute approximate surface area is 119 Å². The van der Waals surface area contributed by atoms with Crippen molar-refractivity contribution in [1.29, 1.82) is 0 Å². The number of hydrogen-bond acceptors (Lipinski definition) is 5. The summed E-state index contributed by atoms with van der Waals surface area (Å²) in [5.41, 5.74) is 0. The fourth-order valence-corrected chi connectivity index (χ4v) is 3.10. The molecule has 1 heterocycles. The van der Waals surface area contributed by atoms with Gasteiger partial charge in [-0.2, -0.15) is 0 Å². The van der Waals surface area contributed by atoms with Crippen LogP contribution in [0.5, 0.6) is 0 Å². The molecule has 20 heavy (non-hydrogen) atoms. The zero-order valence-corrected chi connectivity index (χ0v) is 12.7. The van der Waals surface area contributed by atoms with E-state index >= 15 is 0 Å². The van der Waals surface area contributed by atoms with Crippen molar-refractivity contribution in [2.24, 2.45) is 0 Å². The number of methoxy groups -OCH3 is 1. The van der Waals surface area contributed by atoms with E-state index in [0.29, 0.717) is 31.4 Å². The third-order valence-corrected chi connectivity index (χ3v) is 4.62. The van der Waals surface area contributed by atoms with Crippen LogP contribution in [0.2, 0.25) is 0 Å². The molecule has 2 N–H and O–H groups in total. The number of hydrogen-bond donors (Lipinski definition) is 2. The summed E-state index contributed by atoms with van der Waals surface area (Å²) in [5.74, 6) is 0.636. The molecule has 7 heteroatoms. The van der Waals surface area contributed by atoms with Crippen molar-refractivity contribution < 1.29 is 17.6 Å². The first-order chi connectivity index (χ1) is 9.55. The van der Waals surface area contributed by atoms with Crippen LogP contribution < -0.4 is 10.0 Å². The number of nitrogens with one attached hydrogen (secondary N) is 2. The van der Waals surface area contributed by atoms with Crippen LogP contribution in [0, 0.1) is 0 Å². The molecule has 0 saturated heterocycles. The van der Waals surface area contributed by atoms with E-state index in [1.54, 1.807) is 13.2 Å². The molecule has 1 atom stereocenters. The van der Waals surface area contributed by atoms with Crippen LogP contribution in [0.4, 0.5) is 0 Å². The Bertz CT molecular complexity index is 522. The van der Waals surface area contributed by atoms with E-state index in [2.05, 4.69) is 10.0 Å². The van der Waals surface area contributed by atoms with Gasteiger partial charge in [-0.1, -0.05) is 6.92 Å². The average Bonchev–Trinajstić information content (AvgIpc) is 3.11. The molecule has 1 aromatic heterocycles. The molecule has 2 rings (SSSR count). The molecule has 1 fully saturated rings. The molecule has 0 aromatic carbocycles. The molecular weight excluding hydrogens is 280 g/mol. The second-order valence-electron chi connectivity index (χ2n) is 5.06. The van der Waals surface area contributed by atoms with Gasteiger partial charge in [-0.05, 0) is 31.4 Å². The van der Waals surface area contributed by atoms with Crippen molar-refractivity contribution in [3.05, 3.63) is 17.9 Å². The molecule has 1 aliphatic carbocycles. The van der Waals surface area contributed by atoms with Crippen molar-refractivity contribution in [1.82, 2.24) is 10.0 Å². The lowest BCUT2D eigenvalue weighted by molar-refractivity contribution is 0.173. The summed E-state index contributed by atoms with van der Waals surface area (Å²) in [6.07, 6.45) is 3.02. The van der Waals surface area contributed by atoms with E-state index in [4.69, 9.17) is 9.15 Å². The van der Waals surface area contributed by atoms with Crippen molar-refractivity contribution in [3.63, 3.8) is 0 Å². The van der Waals surface area contributed by atoms with Gasteiger partial charge in [-0.3, -0.25) is 0 Å². The lowest BCUT2D eigenvalue weighted by Crippen LogP contribution is -2.37. The van der Waals surface area contributed by atoms with Gasteiger partial charge in [0.15, 0.2) is 0 Å².